The molecule has 0 radical (unpaired) electrons. The van der Waals surface area contributed by atoms with Crippen molar-refractivity contribution in [2.24, 2.45) is 5.92 Å². The highest BCUT2D eigenvalue weighted by atomic mass is 16.6. The number of ether oxygens (including phenoxy) is 2. The molecule has 0 aliphatic carbocycles. The highest BCUT2D eigenvalue weighted by molar-refractivity contribution is 5.86. The molecule has 4 rings (SSSR count). The van der Waals surface area contributed by atoms with Crippen LogP contribution < -0.4 is 14.8 Å². The summed E-state index contributed by atoms with van der Waals surface area (Å²) in [6, 6.07) is 10.0. The largest absolute Gasteiger partial charge is 0.486 e. The molecule has 25 heavy (non-hydrogen) atoms. The van der Waals surface area contributed by atoms with Gasteiger partial charge >= 0.3 is 0 Å². The van der Waals surface area contributed by atoms with Crippen LogP contribution in [0.1, 0.15) is 25.5 Å². The first kappa shape index (κ1) is 15.6. The Bertz CT molecular complexity index is 892. The van der Waals surface area contributed by atoms with E-state index in [1.54, 1.807) is 12.5 Å². The number of nitrogens with one attached hydrogen (secondary N) is 1. The van der Waals surface area contributed by atoms with Gasteiger partial charge in [0.25, 0.3) is 0 Å². The third-order valence-electron chi connectivity index (χ3n) is 4.29. The van der Waals surface area contributed by atoms with Gasteiger partial charge in [-0.25, -0.2) is 15.0 Å². The Morgan fingerprint density at radius 2 is 1.84 bits per heavy atom. The highest BCUT2D eigenvalue weighted by Gasteiger charge is 2.21. The summed E-state index contributed by atoms with van der Waals surface area (Å²) in [6.45, 7) is 5.53. The predicted octanol–water partition coefficient (Wildman–Crippen LogP) is 3.61. The minimum Gasteiger partial charge on any atom is -0.486 e. The molecule has 6 nitrogen and oxygen atoms in total. The van der Waals surface area contributed by atoms with Gasteiger partial charge in [-0.3, -0.25) is 0 Å². The maximum absolute atomic E-state index is 5.73. The van der Waals surface area contributed by atoms with Crippen molar-refractivity contribution in [1.29, 1.82) is 0 Å². The van der Waals surface area contributed by atoms with E-state index < -0.39 is 0 Å². The second-order valence-corrected chi connectivity index (χ2v) is 6.37. The molecule has 1 aliphatic rings. The van der Waals surface area contributed by atoms with Crippen LogP contribution in [0.3, 0.4) is 0 Å². The number of nitrogens with zero attached hydrogens (tertiary/aromatic N) is 3. The van der Waals surface area contributed by atoms with Crippen molar-refractivity contribution in [3.8, 4) is 11.5 Å². The van der Waals surface area contributed by atoms with Crippen molar-refractivity contribution in [2.45, 2.75) is 19.9 Å². The summed E-state index contributed by atoms with van der Waals surface area (Å²) in [5.41, 5.74) is 1.82. The van der Waals surface area contributed by atoms with E-state index in [4.69, 9.17) is 9.47 Å². The predicted molar refractivity (Wildman–Crippen MR) is 96.0 cm³/mol. The zero-order chi connectivity index (χ0) is 17.2. The molecule has 0 spiro atoms. The number of aromatic nitrogens is 3. The highest BCUT2D eigenvalue weighted by Crippen LogP contribution is 2.36. The van der Waals surface area contributed by atoms with Gasteiger partial charge in [0.1, 0.15) is 25.4 Å². The molecule has 6 heteroatoms. The van der Waals surface area contributed by atoms with Gasteiger partial charge in [-0.05, 0) is 35.7 Å². The summed E-state index contributed by atoms with van der Waals surface area (Å²) >= 11 is 0. The normalized spacial score (nSPS) is 14.5. The molecule has 0 saturated heterocycles. The van der Waals surface area contributed by atoms with E-state index in [1.807, 2.05) is 24.3 Å². The molecular weight excluding hydrogens is 316 g/mol. The molecule has 1 N–H and O–H groups in total. The van der Waals surface area contributed by atoms with Gasteiger partial charge in [-0.15, -0.1) is 0 Å². The Labute approximate surface area is 146 Å². The lowest BCUT2D eigenvalue weighted by molar-refractivity contribution is 0.171. The first-order valence-electron chi connectivity index (χ1n) is 8.44. The maximum Gasteiger partial charge on any atom is 0.164 e. The molecule has 0 unspecified atom stereocenters. The lowest BCUT2D eigenvalue weighted by Gasteiger charge is -2.26. The van der Waals surface area contributed by atoms with Gasteiger partial charge in [0.15, 0.2) is 17.1 Å². The maximum atomic E-state index is 5.73. The fourth-order valence-corrected chi connectivity index (χ4v) is 3.05. The van der Waals surface area contributed by atoms with Crippen molar-refractivity contribution in [2.75, 3.05) is 18.5 Å². The number of anilines is 1. The fourth-order valence-electron chi connectivity index (χ4n) is 3.05. The van der Waals surface area contributed by atoms with E-state index in [9.17, 15) is 0 Å². The minimum atomic E-state index is 0.0779. The molecule has 0 saturated carbocycles. The Morgan fingerprint density at radius 3 is 2.68 bits per heavy atom. The fraction of sp³-hybridized carbons (Fsp3) is 0.316. The molecule has 3 aromatic rings. The molecule has 0 amide bonds. The summed E-state index contributed by atoms with van der Waals surface area (Å²) in [4.78, 5) is 12.9. The van der Waals surface area contributed by atoms with E-state index in [0.717, 1.165) is 28.3 Å². The summed E-state index contributed by atoms with van der Waals surface area (Å²) in [5.74, 6) is 2.73. The summed E-state index contributed by atoms with van der Waals surface area (Å²) in [5, 5.41) is 4.47. The second-order valence-electron chi connectivity index (χ2n) is 6.37. The van der Waals surface area contributed by atoms with Gasteiger partial charge in [0, 0.05) is 6.20 Å². The van der Waals surface area contributed by atoms with Gasteiger partial charge in [-0.1, -0.05) is 19.9 Å². The number of hydrogen-bond donors (Lipinski definition) is 1. The van der Waals surface area contributed by atoms with E-state index in [2.05, 4.69) is 40.2 Å². The van der Waals surface area contributed by atoms with Crippen LogP contribution in [0.2, 0.25) is 0 Å². The topological polar surface area (TPSA) is 69.2 Å². The third kappa shape index (κ3) is 3.07. The van der Waals surface area contributed by atoms with Crippen LogP contribution in [0.4, 0.5) is 5.82 Å². The molecule has 1 aromatic carbocycles. The Morgan fingerprint density at radius 1 is 1.00 bits per heavy atom. The zero-order valence-corrected chi connectivity index (χ0v) is 14.3. The van der Waals surface area contributed by atoms with Crippen LogP contribution in [0.5, 0.6) is 11.5 Å². The average molecular weight is 336 g/mol. The van der Waals surface area contributed by atoms with Crippen LogP contribution in [0.15, 0.2) is 42.9 Å². The number of rotatable bonds is 4. The molecular formula is C19H20N4O2. The first-order valence-corrected chi connectivity index (χ1v) is 8.44. The SMILES string of the molecule is CC(C)[C@@H](Nc1ncnc2ncccc12)c1ccc2c(c1)OCCO2. The van der Waals surface area contributed by atoms with Crippen LogP contribution in [0.25, 0.3) is 11.0 Å². The average Bonchev–Trinajstić information content (AvgIpc) is 2.65. The smallest absolute Gasteiger partial charge is 0.164 e. The summed E-state index contributed by atoms with van der Waals surface area (Å²) < 4.78 is 11.3. The molecule has 2 aromatic heterocycles. The Hall–Kier alpha value is -2.89. The monoisotopic (exact) mass is 336 g/mol. The van der Waals surface area contributed by atoms with Crippen molar-refractivity contribution in [1.82, 2.24) is 15.0 Å². The summed E-state index contributed by atoms with van der Waals surface area (Å²) in [6.07, 6.45) is 3.28. The lowest BCUT2D eigenvalue weighted by atomic mass is 9.95. The number of benzene rings is 1. The van der Waals surface area contributed by atoms with Gasteiger partial charge in [0.05, 0.1) is 11.4 Å². The minimum absolute atomic E-state index is 0.0779. The Balaban J connectivity index is 1.70. The number of fused-ring (bicyclic) bond motifs is 2. The molecule has 1 atom stereocenters. The number of hydrogen-bond acceptors (Lipinski definition) is 6. The first-order chi connectivity index (χ1) is 12.2. The second kappa shape index (κ2) is 6.55. The molecule has 0 fully saturated rings. The van der Waals surface area contributed by atoms with Crippen LogP contribution >= 0.6 is 0 Å². The van der Waals surface area contributed by atoms with Gasteiger partial charge < -0.3 is 14.8 Å². The summed E-state index contributed by atoms with van der Waals surface area (Å²) in [7, 11) is 0. The van der Waals surface area contributed by atoms with Crippen LogP contribution in [0, 0.1) is 5.92 Å². The zero-order valence-electron chi connectivity index (χ0n) is 14.3. The third-order valence-corrected chi connectivity index (χ3v) is 4.29. The Kier molecular flexibility index (Phi) is 4.09. The van der Waals surface area contributed by atoms with E-state index in [1.165, 1.54) is 0 Å². The molecule has 128 valence electrons. The quantitative estimate of drug-likeness (QED) is 0.785. The van der Waals surface area contributed by atoms with Crippen molar-refractivity contribution < 1.29 is 9.47 Å². The van der Waals surface area contributed by atoms with E-state index in [-0.39, 0.29) is 6.04 Å². The van der Waals surface area contributed by atoms with Crippen molar-refractivity contribution >= 4 is 16.9 Å². The molecule has 1 aliphatic heterocycles. The van der Waals surface area contributed by atoms with Crippen molar-refractivity contribution in [3.63, 3.8) is 0 Å². The lowest BCUT2D eigenvalue weighted by Crippen LogP contribution is -2.19. The van der Waals surface area contributed by atoms with Crippen LogP contribution in [-0.4, -0.2) is 28.2 Å². The van der Waals surface area contributed by atoms with E-state index in [0.29, 0.717) is 24.8 Å². The van der Waals surface area contributed by atoms with Gasteiger partial charge in [-0.2, -0.15) is 0 Å². The number of pyridine rings is 1. The standard InChI is InChI=1S/C19H20N4O2/c1-12(2)17(13-5-6-15-16(10-13)25-9-8-24-15)23-19-14-4-3-7-20-18(14)21-11-22-19/h3-7,10-12,17H,8-9H2,1-2H3,(H,20,21,22,23)/t17-/m1/s1. The van der Waals surface area contributed by atoms with Crippen LogP contribution in [-0.2, 0) is 0 Å². The molecule has 0 bridgehead atoms. The van der Waals surface area contributed by atoms with E-state index >= 15 is 0 Å². The van der Waals surface area contributed by atoms with Gasteiger partial charge in [0.2, 0.25) is 0 Å². The molecule has 3 heterocycles. The van der Waals surface area contributed by atoms with Crippen molar-refractivity contribution in [3.05, 3.63) is 48.4 Å².